The molecule has 1 fully saturated rings. The minimum atomic E-state index is -5.06. The maximum atomic E-state index is 14.0. The topological polar surface area (TPSA) is 68.3 Å². The lowest BCUT2D eigenvalue weighted by Crippen LogP contribution is -2.35. The summed E-state index contributed by atoms with van der Waals surface area (Å²) in [7, 11) is 1.31. The molecular formula is C34H33F7N2O3. The molecular weight excluding hydrogens is 617 g/mol. The van der Waals surface area contributed by atoms with Crippen molar-refractivity contribution in [2.75, 3.05) is 19.0 Å². The molecule has 1 N–H and O–H groups in total. The number of hydrogen-bond donors (Lipinski definition) is 1. The number of ether oxygens (including phenoxy) is 1. The zero-order valence-corrected chi connectivity index (χ0v) is 25.6. The predicted octanol–water partition coefficient (Wildman–Crippen LogP) is 8.95. The molecule has 2 aromatic carbocycles. The highest BCUT2D eigenvalue weighted by Crippen LogP contribution is 2.41. The Balaban J connectivity index is 1.64. The van der Waals surface area contributed by atoms with Gasteiger partial charge in [0.1, 0.15) is 5.82 Å². The summed E-state index contributed by atoms with van der Waals surface area (Å²) in [4.78, 5) is 29.7. The van der Waals surface area contributed by atoms with Crippen LogP contribution in [-0.4, -0.2) is 30.4 Å². The molecule has 1 saturated carbocycles. The van der Waals surface area contributed by atoms with Gasteiger partial charge >= 0.3 is 18.3 Å². The Kier molecular flexibility index (Phi) is 9.98. The fraction of sp³-hybridized carbons (Fsp3) is 0.382. The van der Waals surface area contributed by atoms with Gasteiger partial charge in [0.15, 0.2) is 5.78 Å². The van der Waals surface area contributed by atoms with Gasteiger partial charge in [-0.05, 0) is 99.5 Å². The molecule has 46 heavy (non-hydrogen) atoms. The van der Waals surface area contributed by atoms with Gasteiger partial charge in [0.05, 0.1) is 42.1 Å². The van der Waals surface area contributed by atoms with Crippen LogP contribution in [0.15, 0.2) is 60.3 Å². The molecule has 5 nitrogen and oxygen atoms in total. The molecule has 0 bridgehead atoms. The molecule has 1 aliphatic carbocycles. The maximum Gasteiger partial charge on any atom is 0.416 e. The van der Waals surface area contributed by atoms with E-state index >= 15 is 0 Å². The first-order valence-electron chi connectivity index (χ1n) is 14.5. The third kappa shape index (κ3) is 7.94. The highest BCUT2D eigenvalue weighted by Gasteiger charge is 2.40. The summed E-state index contributed by atoms with van der Waals surface area (Å²) in [5, 5.41) is 2.97. The average Bonchev–Trinajstić information content (AvgIpc) is 2.99. The first-order chi connectivity index (χ1) is 21.4. The van der Waals surface area contributed by atoms with Crippen LogP contribution in [0.4, 0.5) is 36.4 Å². The molecule has 0 aliphatic heterocycles. The number of allylic oxidation sites excluding steroid dienone is 1. The van der Waals surface area contributed by atoms with Crippen LogP contribution in [0.5, 0.6) is 0 Å². The van der Waals surface area contributed by atoms with E-state index in [1.54, 1.807) is 13.0 Å². The Hall–Kier alpha value is -4.22. The summed E-state index contributed by atoms with van der Waals surface area (Å²) in [5.41, 5.74) is -1.22. The van der Waals surface area contributed by atoms with Crippen LogP contribution in [0.3, 0.4) is 0 Å². The number of anilines is 1. The van der Waals surface area contributed by atoms with Crippen LogP contribution in [0.25, 0.3) is 11.1 Å². The Labute approximate surface area is 261 Å². The van der Waals surface area contributed by atoms with E-state index in [0.29, 0.717) is 60.2 Å². The van der Waals surface area contributed by atoms with E-state index in [1.165, 1.54) is 45.4 Å². The molecule has 0 amide bonds. The quantitative estimate of drug-likeness (QED) is 0.150. The summed E-state index contributed by atoms with van der Waals surface area (Å²) in [5.74, 6) is -1.48. The predicted molar refractivity (Wildman–Crippen MR) is 159 cm³/mol. The van der Waals surface area contributed by atoms with Crippen LogP contribution in [0.1, 0.15) is 73.4 Å². The maximum absolute atomic E-state index is 14.0. The monoisotopic (exact) mass is 650 g/mol. The van der Waals surface area contributed by atoms with Crippen molar-refractivity contribution < 1.29 is 45.1 Å². The van der Waals surface area contributed by atoms with E-state index in [0.717, 1.165) is 11.3 Å². The number of hydrogen-bond acceptors (Lipinski definition) is 5. The van der Waals surface area contributed by atoms with Crippen LogP contribution in [0.2, 0.25) is 0 Å². The Morgan fingerprint density at radius 3 is 2.04 bits per heavy atom. The number of benzene rings is 2. The SMILES string of the molecule is COC(=O)C=C1CCC(c2cc(-c3ccc(F)cc3C)c(NCC(=O)C(C)(C)c3cc(C(F)(F)F)cc(C(F)(F)F)c3)cn2)CC1. The number of halogens is 7. The Morgan fingerprint density at radius 2 is 1.50 bits per heavy atom. The van der Waals surface area contributed by atoms with Gasteiger partial charge in [-0.1, -0.05) is 11.6 Å². The molecule has 0 spiro atoms. The molecule has 3 aromatic rings. The van der Waals surface area contributed by atoms with Gasteiger partial charge in [-0.15, -0.1) is 0 Å². The minimum absolute atomic E-state index is 0.0232. The van der Waals surface area contributed by atoms with Crippen molar-refractivity contribution in [1.29, 1.82) is 0 Å². The molecule has 4 rings (SSSR count). The number of carbonyl (C=O) groups excluding carboxylic acids is 2. The molecule has 1 aliphatic rings. The number of nitrogens with one attached hydrogen (secondary N) is 1. The van der Waals surface area contributed by atoms with Crippen molar-refractivity contribution >= 4 is 17.4 Å². The highest BCUT2D eigenvalue weighted by molar-refractivity contribution is 5.93. The van der Waals surface area contributed by atoms with Crippen molar-refractivity contribution in [3.63, 3.8) is 0 Å². The second-order valence-corrected chi connectivity index (χ2v) is 11.9. The molecule has 246 valence electrons. The summed E-state index contributed by atoms with van der Waals surface area (Å²) in [6.07, 6.45) is -4.34. The highest BCUT2D eigenvalue weighted by atomic mass is 19.4. The number of nitrogens with zero attached hydrogens (tertiary/aromatic N) is 1. The molecule has 0 saturated heterocycles. The number of aromatic nitrogens is 1. The average molecular weight is 651 g/mol. The number of methoxy groups -OCH3 is 1. The Bertz CT molecular complexity index is 1620. The van der Waals surface area contributed by atoms with E-state index in [2.05, 4.69) is 10.3 Å². The fourth-order valence-electron chi connectivity index (χ4n) is 5.52. The lowest BCUT2D eigenvalue weighted by Gasteiger charge is -2.27. The summed E-state index contributed by atoms with van der Waals surface area (Å²) in [6.45, 7) is 3.81. The number of esters is 1. The van der Waals surface area contributed by atoms with Crippen molar-refractivity contribution in [3.8, 4) is 11.1 Å². The molecule has 12 heteroatoms. The molecule has 1 aromatic heterocycles. The van der Waals surface area contributed by atoms with Crippen molar-refractivity contribution in [2.24, 2.45) is 0 Å². The second kappa shape index (κ2) is 13.3. The molecule has 0 atom stereocenters. The Morgan fingerprint density at radius 1 is 0.913 bits per heavy atom. The minimum Gasteiger partial charge on any atom is -0.466 e. The standard InChI is InChI=1S/C34H33F7N2O3/c1-19-11-25(35)9-10-26(19)27-16-28(21-7-5-20(6-8-21)12-31(45)46-4)42-17-29(27)43-18-30(44)32(2,3)22-13-23(33(36,37)38)15-24(14-22)34(39,40)41/h9-17,21,43H,5-8,18H2,1-4H3. The van der Waals surface area contributed by atoms with E-state index in [-0.39, 0.29) is 12.0 Å². The first-order valence-corrected chi connectivity index (χ1v) is 14.5. The number of ketones is 1. The molecule has 0 radical (unpaired) electrons. The summed E-state index contributed by atoms with van der Waals surface area (Å²) >= 11 is 0. The van der Waals surface area contributed by atoms with Crippen molar-refractivity contribution in [3.05, 3.63) is 94.1 Å². The van der Waals surface area contributed by atoms with Crippen LogP contribution in [0, 0.1) is 12.7 Å². The van der Waals surface area contributed by atoms with Crippen LogP contribution < -0.4 is 5.32 Å². The van der Waals surface area contributed by atoms with E-state index < -0.39 is 58.6 Å². The fourth-order valence-corrected chi connectivity index (χ4v) is 5.52. The van der Waals surface area contributed by atoms with Crippen molar-refractivity contribution in [1.82, 2.24) is 4.98 Å². The second-order valence-electron chi connectivity index (χ2n) is 11.9. The number of alkyl halides is 6. The van der Waals surface area contributed by atoms with Gasteiger partial charge in [-0.25, -0.2) is 9.18 Å². The lowest BCUT2D eigenvalue weighted by atomic mass is 9.79. The largest absolute Gasteiger partial charge is 0.466 e. The van der Waals surface area contributed by atoms with Gasteiger partial charge in [0, 0.05) is 23.3 Å². The van der Waals surface area contributed by atoms with Gasteiger partial charge < -0.3 is 10.1 Å². The normalized spacial score (nSPS) is 15.8. The van der Waals surface area contributed by atoms with Crippen LogP contribution in [-0.2, 0) is 32.1 Å². The number of pyridine rings is 1. The molecule has 1 heterocycles. The zero-order valence-electron chi connectivity index (χ0n) is 25.6. The van der Waals surface area contributed by atoms with E-state index in [4.69, 9.17) is 4.74 Å². The van der Waals surface area contributed by atoms with Gasteiger partial charge in [-0.3, -0.25) is 9.78 Å². The number of aryl methyl sites for hydroxylation is 1. The van der Waals surface area contributed by atoms with E-state index in [9.17, 15) is 40.3 Å². The zero-order chi connectivity index (χ0) is 34.0. The number of Topliss-reactive ketones (excluding diaryl/α,β-unsaturated/α-hetero) is 1. The third-order valence-electron chi connectivity index (χ3n) is 8.42. The van der Waals surface area contributed by atoms with Crippen molar-refractivity contribution in [2.45, 2.75) is 70.1 Å². The van der Waals surface area contributed by atoms with E-state index in [1.807, 2.05) is 6.07 Å². The third-order valence-corrected chi connectivity index (χ3v) is 8.42. The van der Waals surface area contributed by atoms with Gasteiger partial charge in [0.25, 0.3) is 0 Å². The van der Waals surface area contributed by atoms with Crippen LogP contribution >= 0.6 is 0 Å². The first kappa shape index (κ1) is 34.6. The summed E-state index contributed by atoms with van der Waals surface area (Å²) < 4.78 is 99.7. The summed E-state index contributed by atoms with van der Waals surface area (Å²) in [6, 6.07) is 7.20. The number of rotatable bonds is 8. The lowest BCUT2D eigenvalue weighted by molar-refractivity contribution is -0.143. The van der Waals surface area contributed by atoms with Gasteiger partial charge in [0.2, 0.25) is 0 Å². The molecule has 0 unspecified atom stereocenters. The van der Waals surface area contributed by atoms with Gasteiger partial charge in [-0.2, -0.15) is 26.3 Å². The smallest absolute Gasteiger partial charge is 0.416 e. The number of carbonyl (C=O) groups is 2.